The first kappa shape index (κ1) is 22.0. The number of nitrogens with zero attached hydrogens (tertiary/aromatic N) is 6. The second kappa shape index (κ2) is 8.05. The predicted molar refractivity (Wildman–Crippen MR) is 137 cm³/mol. The summed E-state index contributed by atoms with van der Waals surface area (Å²) in [5, 5.41) is 4.39. The third kappa shape index (κ3) is 3.48. The fourth-order valence-electron chi connectivity index (χ4n) is 6.02. The lowest BCUT2D eigenvalue weighted by Crippen LogP contribution is -2.47. The van der Waals surface area contributed by atoms with Crippen LogP contribution < -0.4 is 10.6 Å². The summed E-state index contributed by atoms with van der Waals surface area (Å²) in [7, 11) is 0. The zero-order valence-corrected chi connectivity index (χ0v) is 20.7. The molecule has 2 aliphatic rings. The van der Waals surface area contributed by atoms with Crippen molar-refractivity contribution in [2.45, 2.75) is 58.5 Å². The molecule has 0 aliphatic carbocycles. The number of fused-ring (bicyclic) bond motifs is 4. The molecule has 1 amide bonds. The van der Waals surface area contributed by atoms with Gasteiger partial charge < -0.3 is 15.6 Å². The molecule has 9 nitrogen and oxygen atoms in total. The molecule has 35 heavy (non-hydrogen) atoms. The first-order valence-corrected chi connectivity index (χ1v) is 12.4. The summed E-state index contributed by atoms with van der Waals surface area (Å²) in [6.45, 7) is 11.4. The Morgan fingerprint density at radius 2 is 2.03 bits per heavy atom. The van der Waals surface area contributed by atoms with Gasteiger partial charge in [0.05, 0.1) is 16.7 Å². The third-order valence-electron chi connectivity index (χ3n) is 7.93. The molecule has 9 heteroatoms. The molecule has 4 aromatic rings. The van der Waals surface area contributed by atoms with Crippen molar-refractivity contribution < 1.29 is 4.79 Å². The van der Waals surface area contributed by atoms with Crippen LogP contribution in [0.5, 0.6) is 0 Å². The van der Waals surface area contributed by atoms with Crippen LogP contribution in [-0.4, -0.2) is 67.1 Å². The highest BCUT2D eigenvalue weighted by atomic mass is 16.1. The summed E-state index contributed by atoms with van der Waals surface area (Å²) in [6.07, 6.45) is 5.22. The van der Waals surface area contributed by atoms with E-state index in [1.807, 2.05) is 4.52 Å². The lowest BCUT2D eigenvalue weighted by atomic mass is 9.95. The first-order chi connectivity index (χ1) is 16.8. The molecular weight excluding hydrogens is 440 g/mol. The summed E-state index contributed by atoms with van der Waals surface area (Å²) in [5.41, 5.74) is 14.2. The molecule has 2 saturated heterocycles. The molecule has 0 unspecified atom stereocenters. The number of aryl methyl sites for hydroxylation is 1. The number of amides is 1. The summed E-state index contributed by atoms with van der Waals surface area (Å²) in [4.78, 5) is 29.4. The van der Waals surface area contributed by atoms with Crippen LogP contribution in [0.1, 0.15) is 49.3 Å². The van der Waals surface area contributed by atoms with Gasteiger partial charge in [0.15, 0.2) is 5.65 Å². The average Bonchev–Trinajstić information content (AvgIpc) is 3.60. The molecule has 2 fully saturated rings. The van der Waals surface area contributed by atoms with Gasteiger partial charge in [0.1, 0.15) is 12.1 Å². The number of pyridine rings is 2. The van der Waals surface area contributed by atoms with Crippen molar-refractivity contribution in [2.24, 2.45) is 5.73 Å². The zero-order valence-electron chi connectivity index (χ0n) is 20.7. The number of carbonyl (C=O) groups is 1. The number of nitrogens with two attached hydrogens (primary N) is 1. The number of aromatic amines is 1. The number of primary amides is 1. The Morgan fingerprint density at radius 1 is 1.20 bits per heavy atom. The Labute approximate surface area is 204 Å². The van der Waals surface area contributed by atoms with Crippen LogP contribution in [0.2, 0.25) is 0 Å². The van der Waals surface area contributed by atoms with E-state index in [2.05, 4.69) is 70.9 Å². The van der Waals surface area contributed by atoms with E-state index in [1.165, 1.54) is 11.1 Å². The zero-order chi connectivity index (χ0) is 24.4. The minimum atomic E-state index is -0.227. The molecule has 0 saturated carbocycles. The van der Waals surface area contributed by atoms with Gasteiger partial charge in [-0.2, -0.15) is 5.10 Å². The minimum Gasteiger partial charge on any atom is -0.370 e. The molecule has 0 radical (unpaired) electrons. The molecule has 0 aromatic carbocycles. The van der Waals surface area contributed by atoms with Crippen molar-refractivity contribution in [3.63, 3.8) is 0 Å². The Bertz CT molecular complexity index is 1450. The van der Waals surface area contributed by atoms with Gasteiger partial charge in [-0.25, -0.2) is 14.5 Å². The molecule has 3 N–H and O–H groups in total. The van der Waals surface area contributed by atoms with Gasteiger partial charge in [0, 0.05) is 55.5 Å². The highest BCUT2D eigenvalue weighted by Crippen LogP contribution is 2.39. The van der Waals surface area contributed by atoms with E-state index >= 15 is 0 Å². The summed E-state index contributed by atoms with van der Waals surface area (Å²) >= 11 is 0. The van der Waals surface area contributed by atoms with E-state index in [0.717, 1.165) is 65.4 Å². The molecule has 0 spiro atoms. The highest BCUT2D eigenvalue weighted by Gasteiger charge is 2.43. The SMILES string of the molecule is Cc1c(-c2[nH]c3ccc(N4C[C@@H]5C[C@H]4CN5CCC(N)=O)nc3c2C(C)C)cn2ncnc2c1C. The van der Waals surface area contributed by atoms with Crippen LogP contribution >= 0.6 is 0 Å². The number of rotatable bonds is 6. The quantitative estimate of drug-likeness (QED) is 0.446. The fourth-order valence-corrected chi connectivity index (χ4v) is 6.02. The van der Waals surface area contributed by atoms with Crippen molar-refractivity contribution in [1.29, 1.82) is 0 Å². The monoisotopic (exact) mass is 472 g/mol. The Balaban J connectivity index is 1.38. The van der Waals surface area contributed by atoms with E-state index in [-0.39, 0.29) is 5.91 Å². The number of hydrogen-bond acceptors (Lipinski definition) is 6. The van der Waals surface area contributed by atoms with E-state index in [4.69, 9.17) is 10.7 Å². The Morgan fingerprint density at radius 3 is 2.74 bits per heavy atom. The van der Waals surface area contributed by atoms with Crippen molar-refractivity contribution in [2.75, 3.05) is 24.5 Å². The number of nitrogens with one attached hydrogen (secondary N) is 1. The Hall–Kier alpha value is -3.46. The summed E-state index contributed by atoms with van der Waals surface area (Å²) < 4.78 is 1.86. The predicted octanol–water partition coefficient (Wildman–Crippen LogP) is 3.15. The largest absolute Gasteiger partial charge is 0.370 e. The van der Waals surface area contributed by atoms with Crippen LogP contribution in [0.3, 0.4) is 0 Å². The number of likely N-dealkylation sites (tertiary alicyclic amines) is 1. The standard InChI is InChI=1S/C26H32N8O/c1-14(2)23-24(19-12-34-26(28-13-29-34)16(4)15(19)3)30-20-5-6-22(31-25(20)23)33-11-17-9-18(33)10-32(17)8-7-21(27)35/h5-6,12-14,17-18,30H,7-11H2,1-4H3,(H2,27,35)/t17-,18-/m0/s1. The van der Waals surface area contributed by atoms with Gasteiger partial charge in [-0.15, -0.1) is 0 Å². The van der Waals surface area contributed by atoms with Crippen LogP contribution in [0.4, 0.5) is 5.82 Å². The smallest absolute Gasteiger partial charge is 0.218 e. The first-order valence-electron chi connectivity index (χ1n) is 12.4. The number of hydrogen-bond donors (Lipinski definition) is 2. The van der Waals surface area contributed by atoms with Gasteiger partial charge in [-0.3, -0.25) is 9.69 Å². The topological polar surface area (TPSA) is 108 Å². The molecular formula is C26H32N8O. The fraction of sp³-hybridized carbons (Fsp3) is 0.462. The summed E-state index contributed by atoms with van der Waals surface area (Å²) in [6, 6.07) is 5.20. The molecule has 2 atom stereocenters. The number of aromatic nitrogens is 5. The van der Waals surface area contributed by atoms with Crippen molar-refractivity contribution in [3.05, 3.63) is 41.3 Å². The van der Waals surface area contributed by atoms with Gasteiger partial charge in [0.25, 0.3) is 0 Å². The van der Waals surface area contributed by atoms with Crippen LogP contribution in [0.15, 0.2) is 24.7 Å². The number of H-pyrrole nitrogens is 1. The Kier molecular flexibility index (Phi) is 5.07. The maximum absolute atomic E-state index is 11.2. The molecule has 182 valence electrons. The lowest BCUT2D eigenvalue weighted by Gasteiger charge is -2.34. The average molecular weight is 473 g/mol. The third-order valence-corrected chi connectivity index (χ3v) is 7.93. The van der Waals surface area contributed by atoms with Crippen LogP contribution in [0, 0.1) is 13.8 Å². The van der Waals surface area contributed by atoms with Crippen molar-refractivity contribution in [1.82, 2.24) is 29.5 Å². The molecule has 6 heterocycles. The maximum atomic E-state index is 11.2. The van der Waals surface area contributed by atoms with E-state index < -0.39 is 0 Å². The van der Waals surface area contributed by atoms with Gasteiger partial charge in [-0.05, 0) is 49.4 Å². The lowest BCUT2D eigenvalue weighted by molar-refractivity contribution is -0.118. The number of anilines is 1. The molecule has 2 aliphatic heterocycles. The van der Waals surface area contributed by atoms with E-state index in [0.29, 0.717) is 24.4 Å². The van der Waals surface area contributed by atoms with Gasteiger partial charge in [0.2, 0.25) is 5.91 Å². The normalized spacial score (nSPS) is 20.2. The van der Waals surface area contributed by atoms with Crippen molar-refractivity contribution in [3.8, 4) is 11.3 Å². The van der Waals surface area contributed by atoms with Gasteiger partial charge >= 0.3 is 0 Å². The molecule has 6 rings (SSSR count). The summed E-state index contributed by atoms with van der Waals surface area (Å²) in [5.74, 6) is 1.10. The number of carbonyl (C=O) groups excluding carboxylic acids is 1. The van der Waals surface area contributed by atoms with Crippen LogP contribution in [0.25, 0.3) is 27.9 Å². The van der Waals surface area contributed by atoms with E-state index in [1.54, 1.807) is 6.33 Å². The number of piperazine rings is 1. The van der Waals surface area contributed by atoms with Gasteiger partial charge in [-0.1, -0.05) is 13.8 Å². The molecule has 2 bridgehead atoms. The second-order valence-corrected chi connectivity index (χ2v) is 10.4. The van der Waals surface area contributed by atoms with Crippen LogP contribution in [-0.2, 0) is 4.79 Å². The minimum absolute atomic E-state index is 0.227. The maximum Gasteiger partial charge on any atom is 0.218 e. The highest BCUT2D eigenvalue weighted by molar-refractivity contribution is 5.90. The van der Waals surface area contributed by atoms with Crippen molar-refractivity contribution >= 4 is 28.4 Å². The molecule has 4 aromatic heterocycles. The van der Waals surface area contributed by atoms with E-state index in [9.17, 15) is 4.79 Å². The second-order valence-electron chi connectivity index (χ2n) is 10.4.